The Morgan fingerprint density at radius 3 is 2.46 bits per heavy atom. The van der Waals surface area contributed by atoms with E-state index in [2.05, 4.69) is 18.8 Å². The van der Waals surface area contributed by atoms with E-state index in [0.717, 1.165) is 38.5 Å². The first kappa shape index (κ1) is 29.2. The molecule has 0 unspecified atom stereocenters. The zero-order valence-electron chi connectivity index (χ0n) is 23.2. The lowest BCUT2D eigenvalue weighted by Gasteiger charge is -2.36. The average Bonchev–Trinajstić information content (AvgIpc) is 3.20. The first-order chi connectivity index (χ1) is 17.6. The van der Waals surface area contributed by atoms with Gasteiger partial charge in [-0.2, -0.15) is 0 Å². The lowest BCUT2D eigenvalue weighted by molar-refractivity contribution is -0.135. The number of thiophene rings is 1. The molecule has 1 aliphatic carbocycles. The van der Waals surface area contributed by atoms with Crippen LogP contribution in [-0.4, -0.2) is 62.6 Å². The van der Waals surface area contributed by atoms with Gasteiger partial charge in [0.05, 0.1) is 24.3 Å². The van der Waals surface area contributed by atoms with Crippen molar-refractivity contribution < 1.29 is 23.9 Å². The third-order valence-electron chi connectivity index (χ3n) is 7.14. The summed E-state index contributed by atoms with van der Waals surface area (Å²) in [6.45, 7) is 9.83. The van der Waals surface area contributed by atoms with Gasteiger partial charge in [-0.05, 0) is 77.7 Å². The summed E-state index contributed by atoms with van der Waals surface area (Å²) in [7, 11) is 2.96. The molecule has 1 saturated carbocycles. The Balaban J connectivity index is 2.11. The maximum atomic E-state index is 14.2. The molecule has 8 heteroatoms. The van der Waals surface area contributed by atoms with Gasteiger partial charge in [-0.25, -0.2) is 4.79 Å². The third-order valence-corrected chi connectivity index (χ3v) is 8.16. The second kappa shape index (κ2) is 12.9. The Kier molecular flexibility index (Phi) is 10.2. The van der Waals surface area contributed by atoms with Crippen LogP contribution in [0.4, 0.5) is 5.69 Å². The van der Waals surface area contributed by atoms with Crippen molar-refractivity contribution in [2.75, 3.05) is 38.8 Å². The van der Waals surface area contributed by atoms with Crippen LogP contribution in [0, 0.1) is 29.1 Å². The van der Waals surface area contributed by atoms with Gasteiger partial charge in [0.25, 0.3) is 0 Å². The summed E-state index contributed by atoms with van der Waals surface area (Å²) in [5.41, 5.74) is 0.230. The topological polar surface area (TPSA) is 76.2 Å². The van der Waals surface area contributed by atoms with Gasteiger partial charge in [0.2, 0.25) is 11.8 Å². The molecule has 204 valence electrons. The summed E-state index contributed by atoms with van der Waals surface area (Å²) in [4.78, 5) is 45.4. The number of rotatable bonds is 7. The van der Waals surface area contributed by atoms with Crippen molar-refractivity contribution >= 4 is 34.8 Å². The summed E-state index contributed by atoms with van der Waals surface area (Å²) < 4.78 is 10.4. The first-order valence-electron chi connectivity index (χ1n) is 13.4. The van der Waals surface area contributed by atoms with Gasteiger partial charge in [0.15, 0.2) is 0 Å². The minimum atomic E-state index is -0.673. The van der Waals surface area contributed by atoms with Gasteiger partial charge in [0, 0.05) is 31.5 Å². The van der Waals surface area contributed by atoms with E-state index in [4.69, 9.17) is 9.47 Å². The maximum absolute atomic E-state index is 14.2. The Morgan fingerprint density at radius 1 is 1.14 bits per heavy atom. The van der Waals surface area contributed by atoms with Crippen LogP contribution in [0.2, 0.25) is 0 Å². The number of likely N-dealkylation sites (tertiary alicyclic amines) is 1. The fourth-order valence-corrected chi connectivity index (χ4v) is 5.92. The fourth-order valence-electron chi connectivity index (χ4n) is 5.00. The smallest absolute Gasteiger partial charge is 0.350 e. The number of hydrogen-bond donors (Lipinski definition) is 0. The van der Waals surface area contributed by atoms with E-state index in [1.54, 1.807) is 23.0 Å². The molecule has 1 saturated heterocycles. The zero-order valence-corrected chi connectivity index (χ0v) is 24.0. The number of carbonyl (C=O) groups excluding carboxylic acids is 3. The third kappa shape index (κ3) is 7.58. The molecule has 0 aromatic carbocycles. The molecule has 2 aliphatic rings. The molecule has 1 aliphatic heterocycles. The molecule has 1 aromatic heterocycles. The first-order valence-corrected chi connectivity index (χ1v) is 14.2. The highest BCUT2D eigenvalue weighted by Gasteiger charge is 2.40. The molecular formula is C29H42N2O5S. The molecule has 37 heavy (non-hydrogen) atoms. The van der Waals surface area contributed by atoms with E-state index in [1.807, 2.05) is 20.8 Å². The number of nitrogens with zero attached hydrogens (tertiary/aromatic N) is 2. The number of carbonyl (C=O) groups is 3. The molecule has 1 aromatic rings. The van der Waals surface area contributed by atoms with Crippen LogP contribution < -0.4 is 4.90 Å². The summed E-state index contributed by atoms with van der Waals surface area (Å²) in [6, 6.07) is 1.13. The van der Waals surface area contributed by atoms with Gasteiger partial charge in [-0.1, -0.05) is 18.8 Å². The van der Waals surface area contributed by atoms with Crippen molar-refractivity contribution in [3.8, 4) is 11.8 Å². The summed E-state index contributed by atoms with van der Waals surface area (Å²) in [5, 5.41) is 0. The fraction of sp³-hybridized carbons (Fsp3) is 0.690. The number of ether oxygens (including phenoxy) is 2. The molecule has 1 atom stereocenters. The van der Waals surface area contributed by atoms with Crippen LogP contribution in [-0.2, 0) is 19.1 Å². The lowest BCUT2D eigenvalue weighted by Crippen LogP contribution is -2.53. The molecule has 3 rings (SSSR count). The van der Waals surface area contributed by atoms with Crippen LogP contribution in [0.15, 0.2) is 6.07 Å². The monoisotopic (exact) mass is 530 g/mol. The summed E-state index contributed by atoms with van der Waals surface area (Å²) >= 11 is 1.22. The van der Waals surface area contributed by atoms with Gasteiger partial charge in [-0.3, -0.25) is 14.5 Å². The molecule has 2 amide bonds. The van der Waals surface area contributed by atoms with Crippen LogP contribution in [0.3, 0.4) is 0 Å². The van der Waals surface area contributed by atoms with Crippen LogP contribution in [0.1, 0.15) is 87.2 Å². The Bertz CT molecular complexity index is 1020. The van der Waals surface area contributed by atoms with Crippen molar-refractivity contribution in [3.05, 3.63) is 15.8 Å². The van der Waals surface area contributed by atoms with E-state index in [1.165, 1.54) is 18.4 Å². The number of hydrogen-bond acceptors (Lipinski definition) is 6. The molecule has 0 bridgehead atoms. The quantitative estimate of drug-likeness (QED) is 0.361. The maximum Gasteiger partial charge on any atom is 0.350 e. The number of anilines is 1. The number of amides is 2. The second-order valence-electron chi connectivity index (χ2n) is 11.3. The largest absolute Gasteiger partial charge is 0.465 e. The van der Waals surface area contributed by atoms with Crippen molar-refractivity contribution in [2.45, 2.75) is 78.7 Å². The Morgan fingerprint density at radius 2 is 1.84 bits per heavy atom. The highest BCUT2D eigenvalue weighted by Crippen LogP contribution is 2.38. The van der Waals surface area contributed by atoms with Gasteiger partial charge >= 0.3 is 5.97 Å². The molecular weight excluding hydrogens is 488 g/mol. The molecule has 2 fully saturated rings. The minimum absolute atomic E-state index is 0.0721. The normalized spacial score (nSPS) is 22.6. The van der Waals surface area contributed by atoms with Gasteiger partial charge in [0.1, 0.15) is 10.9 Å². The predicted octanol–water partition coefficient (Wildman–Crippen LogP) is 5.12. The van der Waals surface area contributed by atoms with Crippen molar-refractivity contribution in [1.82, 2.24) is 4.90 Å². The van der Waals surface area contributed by atoms with Gasteiger partial charge < -0.3 is 14.4 Å². The highest BCUT2D eigenvalue weighted by molar-refractivity contribution is 7.15. The Hall–Kier alpha value is -2.37. The van der Waals surface area contributed by atoms with E-state index >= 15 is 0 Å². The van der Waals surface area contributed by atoms with Crippen LogP contribution >= 0.6 is 11.3 Å². The van der Waals surface area contributed by atoms with Gasteiger partial charge in [-0.15, -0.1) is 11.3 Å². The van der Waals surface area contributed by atoms with E-state index in [9.17, 15) is 14.4 Å². The predicted molar refractivity (Wildman–Crippen MR) is 147 cm³/mol. The number of esters is 1. The Labute approximate surface area is 225 Å². The lowest BCUT2D eigenvalue weighted by atomic mass is 9.82. The number of methoxy groups -OCH3 is 2. The van der Waals surface area contributed by atoms with Crippen molar-refractivity contribution in [2.24, 2.45) is 17.3 Å². The highest BCUT2D eigenvalue weighted by atomic mass is 32.1. The summed E-state index contributed by atoms with van der Waals surface area (Å²) in [5.74, 6) is 6.14. The SMILES string of the molecule is COCCN1CCCC[C@H](N(C(=O)C2CCC(C)CC2)c2cc(C#CC(C)(C)C)sc2C(=O)OC)C1=O. The van der Waals surface area contributed by atoms with Crippen LogP contribution in [0.5, 0.6) is 0 Å². The molecule has 2 heterocycles. The van der Waals surface area contributed by atoms with E-state index in [0.29, 0.717) is 47.5 Å². The molecule has 7 nitrogen and oxygen atoms in total. The zero-order chi connectivity index (χ0) is 27.2. The minimum Gasteiger partial charge on any atom is -0.465 e. The average molecular weight is 531 g/mol. The molecule has 0 N–H and O–H groups in total. The van der Waals surface area contributed by atoms with Crippen molar-refractivity contribution in [1.29, 1.82) is 0 Å². The second-order valence-corrected chi connectivity index (χ2v) is 12.4. The molecule has 0 spiro atoms. The molecule has 0 radical (unpaired) electrons. The van der Waals surface area contributed by atoms with Crippen molar-refractivity contribution in [3.63, 3.8) is 0 Å². The standard InChI is InChI=1S/C29H42N2O5S/c1-20-10-12-21(13-11-20)26(32)31(23-9-7-8-16-30(27(23)33)17-18-35-5)24-19-22(14-15-29(2,3)4)37-25(24)28(34)36-6/h19-21,23H,7-13,16-18H2,1-6H3/t20?,21?,23-/m0/s1. The summed E-state index contributed by atoms with van der Waals surface area (Å²) in [6.07, 6.45) is 5.79. The van der Waals surface area contributed by atoms with E-state index < -0.39 is 12.0 Å². The van der Waals surface area contributed by atoms with Crippen LogP contribution in [0.25, 0.3) is 0 Å². The van der Waals surface area contributed by atoms with E-state index in [-0.39, 0.29) is 23.1 Å².